The van der Waals surface area contributed by atoms with E-state index in [-0.39, 0.29) is 11.7 Å². The molecule has 0 aliphatic heterocycles. The third kappa shape index (κ3) is 4.46. The molecular formula is C10H14F3N3O. The normalized spacial score (nSPS) is 11.9. The second-order valence-corrected chi connectivity index (χ2v) is 4.10. The van der Waals surface area contributed by atoms with Gasteiger partial charge in [0.25, 0.3) is 5.56 Å². The lowest BCUT2D eigenvalue weighted by molar-refractivity contribution is -0.115. The van der Waals surface area contributed by atoms with E-state index in [4.69, 9.17) is 0 Å². The Labute approximate surface area is 96.5 Å². The predicted octanol–water partition coefficient (Wildman–Crippen LogP) is 1.87. The zero-order valence-corrected chi connectivity index (χ0v) is 9.58. The average Bonchev–Trinajstić information content (AvgIpc) is 2.17. The van der Waals surface area contributed by atoms with Crippen LogP contribution in [-0.2, 0) is 6.54 Å². The van der Waals surface area contributed by atoms with Crippen molar-refractivity contribution in [2.24, 2.45) is 5.92 Å². The molecule has 0 atom stereocenters. The summed E-state index contributed by atoms with van der Waals surface area (Å²) in [5.41, 5.74) is -0.537. The van der Waals surface area contributed by atoms with Crippen LogP contribution in [-0.4, -0.2) is 22.3 Å². The van der Waals surface area contributed by atoms with Gasteiger partial charge in [-0.1, -0.05) is 13.8 Å². The summed E-state index contributed by atoms with van der Waals surface area (Å²) in [7, 11) is 0. The van der Waals surface area contributed by atoms with Gasteiger partial charge in [0.05, 0.1) is 0 Å². The number of nitrogens with zero attached hydrogens (tertiary/aromatic N) is 2. The highest BCUT2D eigenvalue weighted by atomic mass is 19.4. The van der Waals surface area contributed by atoms with E-state index in [1.165, 1.54) is 17.0 Å². The van der Waals surface area contributed by atoms with Crippen LogP contribution < -0.4 is 10.9 Å². The highest BCUT2D eigenvalue weighted by molar-refractivity contribution is 5.30. The molecule has 4 nitrogen and oxygen atoms in total. The van der Waals surface area contributed by atoms with Crippen LogP contribution in [0.3, 0.4) is 0 Å². The minimum atomic E-state index is -4.37. The Morgan fingerprint density at radius 3 is 2.65 bits per heavy atom. The van der Waals surface area contributed by atoms with E-state index in [1.807, 2.05) is 19.2 Å². The van der Waals surface area contributed by atoms with Gasteiger partial charge in [-0.15, -0.1) is 0 Å². The summed E-state index contributed by atoms with van der Waals surface area (Å²) in [6, 6.07) is 0. The summed E-state index contributed by atoms with van der Waals surface area (Å²) in [4.78, 5) is 15.3. The van der Waals surface area contributed by atoms with Crippen molar-refractivity contribution in [1.29, 1.82) is 0 Å². The number of aromatic nitrogens is 2. The van der Waals surface area contributed by atoms with Gasteiger partial charge >= 0.3 is 6.18 Å². The van der Waals surface area contributed by atoms with Gasteiger partial charge in [0.1, 0.15) is 6.54 Å². The van der Waals surface area contributed by atoms with Crippen LogP contribution >= 0.6 is 0 Å². The van der Waals surface area contributed by atoms with Gasteiger partial charge in [-0.3, -0.25) is 4.79 Å². The number of anilines is 1. The van der Waals surface area contributed by atoms with Crippen LogP contribution in [0.1, 0.15) is 13.8 Å². The van der Waals surface area contributed by atoms with Crippen LogP contribution in [0, 0.1) is 5.92 Å². The van der Waals surface area contributed by atoms with E-state index < -0.39 is 18.3 Å². The second-order valence-electron chi connectivity index (χ2n) is 4.10. The molecule has 17 heavy (non-hydrogen) atoms. The molecule has 0 aliphatic carbocycles. The molecule has 0 bridgehead atoms. The quantitative estimate of drug-likeness (QED) is 0.886. The number of rotatable bonds is 4. The van der Waals surface area contributed by atoms with Crippen LogP contribution in [0.2, 0.25) is 0 Å². The van der Waals surface area contributed by atoms with Crippen molar-refractivity contribution in [3.8, 4) is 0 Å². The number of nitrogens with one attached hydrogen (secondary N) is 1. The highest BCUT2D eigenvalue weighted by Gasteiger charge is 2.27. The first kappa shape index (κ1) is 13.5. The summed E-state index contributed by atoms with van der Waals surface area (Å²) in [6.07, 6.45) is -1.60. The lowest BCUT2D eigenvalue weighted by atomic mass is 10.2. The molecule has 1 heterocycles. The van der Waals surface area contributed by atoms with Crippen molar-refractivity contribution in [2.75, 3.05) is 11.9 Å². The monoisotopic (exact) mass is 249 g/mol. The summed E-state index contributed by atoms with van der Waals surface area (Å²) in [5, 5.41) is 2.00. The van der Waals surface area contributed by atoms with E-state index in [1.54, 1.807) is 0 Å². The fourth-order valence-corrected chi connectivity index (χ4v) is 1.29. The number of alkyl halides is 3. The predicted molar refractivity (Wildman–Crippen MR) is 57.9 cm³/mol. The maximum atomic E-state index is 12.0. The largest absolute Gasteiger partial charge is 0.405 e. The molecule has 96 valence electrons. The second kappa shape index (κ2) is 5.20. The van der Waals surface area contributed by atoms with Gasteiger partial charge < -0.3 is 9.88 Å². The molecule has 0 fully saturated rings. The van der Waals surface area contributed by atoms with E-state index in [0.29, 0.717) is 6.54 Å². The van der Waals surface area contributed by atoms with Crippen molar-refractivity contribution in [1.82, 2.24) is 9.55 Å². The van der Waals surface area contributed by atoms with E-state index >= 15 is 0 Å². The van der Waals surface area contributed by atoms with E-state index in [2.05, 4.69) is 4.98 Å². The molecule has 0 saturated heterocycles. The molecule has 7 heteroatoms. The Morgan fingerprint density at radius 1 is 1.47 bits per heavy atom. The maximum absolute atomic E-state index is 12.0. The summed E-state index contributed by atoms with van der Waals surface area (Å²) in [5.74, 6) is -0.0453. The highest BCUT2D eigenvalue weighted by Crippen LogP contribution is 2.14. The molecule has 0 unspecified atom stereocenters. The SMILES string of the molecule is CC(C)Cn1ccnc(NCC(F)(F)F)c1=O. The van der Waals surface area contributed by atoms with Crippen molar-refractivity contribution >= 4 is 5.82 Å². The molecule has 1 aromatic rings. The Kier molecular flexibility index (Phi) is 4.14. The third-order valence-corrected chi connectivity index (χ3v) is 1.93. The zero-order valence-electron chi connectivity index (χ0n) is 9.58. The minimum Gasteiger partial charge on any atom is -0.357 e. The molecule has 1 aromatic heterocycles. The first-order valence-electron chi connectivity index (χ1n) is 5.15. The molecule has 0 radical (unpaired) electrons. The average molecular weight is 249 g/mol. The third-order valence-electron chi connectivity index (χ3n) is 1.93. The van der Waals surface area contributed by atoms with Crippen LogP contribution in [0.4, 0.5) is 19.0 Å². The van der Waals surface area contributed by atoms with Gasteiger partial charge in [-0.05, 0) is 5.92 Å². The maximum Gasteiger partial charge on any atom is 0.405 e. The smallest absolute Gasteiger partial charge is 0.357 e. The molecular weight excluding hydrogens is 235 g/mol. The van der Waals surface area contributed by atoms with Gasteiger partial charge in [0, 0.05) is 18.9 Å². The Bertz CT molecular complexity index is 426. The van der Waals surface area contributed by atoms with Crippen LogP contribution in [0.5, 0.6) is 0 Å². The van der Waals surface area contributed by atoms with Crippen molar-refractivity contribution in [2.45, 2.75) is 26.6 Å². The van der Waals surface area contributed by atoms with Crippen molar-refractivity contribution in [3.05, 3.63) is 22.7 Å². The lowest BCUT2D eigenvalue weighted by Gasteiger charge is -2.11. The number of hydrogen-bond acceptors (Lipinski definition) is 3. The fraction of sp³-hybridized carbons (Fsp3) is 0.600. The lowest BCUT2D eigenvalue weighted by Crippen LogP contribution is -2.29. The molecule has 1 N–H and O–H groups in total. The Hall–Kier alpha value is -1.53. The number of halogens is 3. The van der Waals surface area contributed by atoms with E-state index in [0.717, 1.165) is 0 Å². The van der Waals surface area contributed by atoms with Crippen molar-refractivity contribution < 1.29 is 13.2 Å². The standard InChI is InChI=1S/C10H14F3N3O/c1-7(2)5-16-4-3-14-8(9(16)17)15-6-10(11,12)13/h3-4,7H,5-6H2,1-2H3,(H,14,15). The van der Waals surface area contributed by atoms with Gasteiger partial charge in [-0.25, -0.2) is 4.98 Å². The molecule has 1 rings (SSSR count). The number of hydrogen-bond donors (Lipinski definition) is 1. The topological polar surface area (TPSA) is 46.9 Å². The Balaban J connectivity index is 2.84. The van der Waals surface area contributed by atoms with Gasteiger partial charge in [0.2, 0.25) is 0 Å². The molecule has 0 spiro atoms. The first-order valence-corrected chi connectivity index (χ1v) is 5.15. The molecule has 0 saturated carbocycles. The van der Waals surface area contributed by atoms with E-state index in [9.17, 15) is 18.0 Å². The zero-order chi connectivity index (χ0) is 13.1. The fourth-order valence-electron chi connectivity index (χ4n) is 1.29. The first-order chi connectivity index (χ1) is 7.79. The molecule has 0 aromatic carbocycles. The molecule has 0 aliphatic rings. The minimum absolute atomic E-state index is 0.227. The molecule has 0 amide bonds. The van der Waals surface area contributed by atoms with Gasteiger partial charge in [-0.2, -0.15) is 13.2 Å². The summed E-state index contributed by atoms with van der Waals surface area (Å²) in [6.45, 7) is 3.01. The van der Waals surface area contributed by atoms with Crippen molar-refractivity contribution in [3.63, 3.8) is 0 Å². The van der Waals surface area contributed by atoms with Gasteiger partial charge in [0.15, 0.2) is 5.82 Å². The summed E-state index contributed by atoms with van der Waals surface area (Å²) >= 11 is 0. The summed E-state index contributed by atoms with van der Waals surface area (Å²) < 4.78 is 37.3. The van der Waals surface area contributed by atoms with Crippen LogP contribution in [0.25, 0.3) is 0 Å². The Morgan fingerprint density at radius 2 is 2.12 bits per heavy atom. The van der Waals surface area contributed by atoms with Crippen LogP contribution in [0.15, 0.2) is 17.2 Å².